The molecule has 1 fully saturated rings. The largest absolute Gasteiger partial charge is 0.378 e. The van der Waals surface area contributed by atoms with Crippen LogP contribution in [0.4, 0.5) is 0 Å². The molecule has 0 amide bonds. The molecule has 0 unspecified atom stereocenters. The summed E-state index contributed by atoms with van der Waals surface area (Å²) in [7, 11) is 0. The Morgan fingerprint density at radius 3 is 3.00 bits per heavy atom. The number of ether oxygens (including phenoxy) is 1. The van der Waals surface area contributed by atoms with Gasteiger partial charge in [0.05, 0.1) is 19.3 Å². The van der Waals surface area contributed by atoms with Crippen LogP contribution < -0.4 is 0 Å². The zero-order chi connectivity index (χ0) is 10.3. The molecule has 0 bridgehead atoms. The van der Waals surface area contributed by atoms with E-state index < -0.39 is 0 Å². The second-order valence-electron chi connectivity index (χ2n) is 4.47. The summed E-state index contributed by atoms with van der Waals surface area (Å²) in [5, 5.41) is 0. The van der Waals surface area contributed by atoms with Gasteiger partial charge in [-0.05, 0) is 18.6 Å². The number of nitrogens with zero attached hydrogens (tertiary/aromatic N) is 2. The minimum absolute atomic E-state index is 0.652. The summed E-state index contributed by atoms with van der Waals surface area (Å²) < 4.78 is 5.24. The van der Waals surface area contributed by atoms with Gasteiger partial charge >= 0.3 is 0 Å². The summed E-state index contributed by atoms with van der Waals surface area (Å²) in [6.45, 7) is 6.07. The topological polar surface area (TPSA) is 25.4 Å². The van der Waals surface area contributed by atoms with Gasteiger partial charge in [0.1, 0.15) is 0 Å². The molecular weight excluding hydrogens is 188 g/mol. The Morgan fingerprint density at radius 1 is 1.40 bits per heavy atom. The Kier molecular flexibility index (Phi) is 2.22. The third-order valence-corrected chi connectivity index (χ3v) is 3.35. The van der Waals surface area contributed by atoms with E-state index in [0.29, 0.717) is 6.04 Å². The molecule has 0 saturated carbocycles. The Balaban J connectivity index is 1.80. The first-order chi connectivity index (χ1) is 7.33. The molecule has 0 aromatic carbocycles. The molecule has 3 heterocycles. The van der Waals surface area contributed by atoms with Crippen LogP contribution in [0.15, 0.2) is 12.1 Å². The van der Waals surface area contributed by atoms with E-state index in [1.165, 1.54) is 11.3 Å². The minimum atomic E-state index is 0.652. The predicted octanol–water partition coefficient (Wildman–Crippen LogP) is 1.15. The molecule has 1 saturated heterocycles. The monoisotopic (exact) mass is 204 g/mol. The van der Waals surface area contributed by atoms with Crippen LogP contribution in [0.5, 0.6) is 0 Å². The molecule has 0 spiro atoms. The summed E-state index contributed by atoms with van der Waals surface area (Å²) in [4.78, 5) is 7.11. The van der Waals surface area contributed by atoms with E-state index >= 15 is 0 Å². The first-order valence-corrected chi connectivity index (χ1v) is 5.60. The summed E-state index contributed by atoms with van der Waals surface area (Å²) in [6, 6.07) is 4.99. The summed E-state index contributed by atoms with van der Waals surface area (Å²) >= 11 is 0. The van der Waals surface area contributed by atoms with Gasteiger partial charge in [0.25, 0.3) is 0 Å². The summed E-state index contributed by atoms with van der Waals surface area (Å²) in [5.41, 5.74) is 3.83. The molecule has 0 aliphatic carbocycles. The summed E-state index contributed by atoms with van der Waals surface area (Å²) in [6.07, 6.45) is 1.09. The Morgan fingerprint density at radius 2 is 2.27 bits per heavy atom. The van der Waals surface area contributed by atoms with Crippen molar-refractivity contribution in [3.05, 3.63) is 29.1 Å². The van der Waals surface area contributed by atoms with Crippen molar-refractivity contribution in [2.24, 2.45) is 0 Å². The highest BCUT2D eigenvalue weighted by Gasteiger charge is 2.28. The molecule has 1 aromatic rings. The molecule has 2 aliphatic heterocycles. The maximum absolute atomic E-state index is 5.24. The lowest BCUT2D eigenvalue weighted by Gasteiger charge is -2.39. The third kappa shape index (κ3) is 1.66. The summed E-state index contributed by atoms with van der Waals surface area (Å²) in [5.74, 6) is 0. The van der Waals surface area contributed by atoms with Crippen LogP contribution in [-0.2, 0) is 17.7 Å². The van der Waals surface area contributed by atoms with Crippen molar-refractivity contribution >= 4 is 0 Å². The second kappa shape index (κ2) is 3.58. The lowest BCUT2D eigenvalue weighted by Crippen LogP contribution is -2.50. The van der Waals surface area contributed by atoms with Gasteiger partial charge in [0.15, 0.2) is 0 Å². The van der Waals surface area contributed by atoms with E-state index in [9.17, 15) is 0 Å². The first kappa shape index (κ1) is 9.31. The highest BCUT2D eigenvalue weighted by atomic mass is 16.5. The van der Waals surface area contributed by atoms with Crippen molar-refractivity contribution in [3.8, 4) is 0 Å². The number of hydrogen-bond acceptors (Lipinski definition) is 3. The number of pyridine rings is 1. The maximum Gasteiger partial charge on any atom is 0.0645 e. The van der Waals surface area contributed by atoms with Gasteiger partial charge < -0.3 is 4.74 Å². The second-order valence-corrected chi connectivity index (χ2v) is 4.47. The van der Waals surface area contributed by atoms with Crippen LogP contribution in [0.3, 0.4) is 0 Å². The van der Waals surface area contributed by atoms with E-state index in [4.69, 9.17) is 4.74 Å². The lowest BCUT2D eigenvalue weighted by molar-refractivity contribution is -0.0696. The molecule has 3 nitrogen and oxygen atoms in total. The van der Waals surface area contributed by atoms with E-state index in [0.717, 1.165) is 38.4 Å². The number of rotatable bonds is 1. The van der Waals surface area contributed by atoms with Crippen molar-refractivity contribution < 1.29 is 4.74 Å². The number of aryl methyl sites for hydroxylation is 1. The standard InChI is InChI=1S/C12H16N2O/c1-9-2-3-10-6-14(11-7-15-8-11)5-4-12(10)13-9/h2-3,11H,4-8H2,1H3. The zero-order valence-electron chi connectivity index (χ0n) is 9.07. The average molecular weight is 204 g/mol. The molecule has 15 heavy (non-hydrogen) atoms. The third-order valence-electron chi connectivity index (χ3n) is 3.35. The van der Waals surface area contributed by atoms with Gasteiger partial charge in [-0.1, -0.05) is 6.07 Å². The predicted molar refractivity (Wildman–Crippen MR) is 57.7 cm³/mol. The lowest BCUT2D eigenvalue weighted by atomic mass is 10.0. The minimum Gasteiger partial charge on any atom is -0.378 e. The van der Waals surface area contributed by atoms with E-state index in [2.05, 4.69) is 28.9 Å². The molecule has 80 valence electrons. The van der Waals surface area contributed by atoms with Crippen LogP contribution in [0, 0.1) is 6.92 Å². The number of aromatic nitrogens is 1. The average Bonchev–Trinajstić information content (AvgIpc) is 2.15. The molecule has 0 atom stereocenters. The zero-order valence-corrected chi connectivity index (χ0v) is 9.07. The fraction of sp³-hybridized carbons (Fsp3) is 0.583. The molecule has 3 rings (SSSR count). The molecular formula is C12H16N2O. The van der Waals surface area contributed by atoms with Crippen LogP contribution >= 0.6 is 0 Å². The van der Waals surface area contributed by atoms with E-state index in [1.54, 1.807) is 0 Å². The first-order valence-electron chi connectivity index (χ1n) is 5.60. The van der Waals surface area contributed by atoms with Gasteiger partial charge in [0, 0.05) is 30.9 Å². The van der Waals surface area contributed by atoms with Gasteiger partial charge in [-0.25, -0.2) is 0 Å². The fourth-order valence-corrected chi connectivity index (χ4v) is 2.29. The quantitative estimate of drug-likeness (QED) is 0.686. The van der Waals surface area contributed by atoms with Crippen molar-refractivity contribution in [3.63, 3.8) is 0 Å². The van der Waals surface area contributed by atoms with Crippen LogP contribution in [0.2, 0.25) is 0 Å². The Labute approximate surface area is 90.1 Å². The molecule has 3 heteroatoms. The Bertz CT molecular complexity index is 374. The maximum atomic E-state index is 5.24. The number of fused-ring (bicyclic) bond motifs is 1. The van der Waals surface area contributed by atoms with Crippen LogP contribution in [0.25, 0.3) is 0 Å². The van der Waals surface area contributed by atoms with Crippen molar-refractivity contribution in [1.82, 2.24) is 9.88 Å². The van der Waals surface area contributed by atoms with Crippen LogP contribution in [0.1, 0.15) is 17.0 Å². The molecule has 0 N–H and O–H groups in total. The van der Waals surface area contributed by atoms with Crippen LogP contribution in [-0.4, -0.2) is 35.7 Å². The highest BCUT2D eigenvalue weighted by Crippen LogP contribution is 2.21. The van der Waals surface area contributed by atoms with Gasteiger partial charge in [-0.15, -0.1) is 0 Å². The molecule has 0 radical (unpaired) electrons. The molecule has 1 aromatic heterocycles. The van der Waals surface area contributed by atoms with Gasteiger partial charge in [-0.3, -0.25) is 9.88 Å². The van der Waals surface area contributed by atoms with E-state index in [-0.39, 0.29) is 0 Å². The fourth-order valence-electron chi connectivity index (χ4n) is 2.29. The van der Waals surface area contributed by atoms with Crippen molar-refractivity contribution in [2.45, 2.75) is 25.9 Å². The molecule has 2 aliphatic rings. The SMILES string of the molecule is Cc1ccc2c(n1)CCN(C1COC1)C2. The number of hydrogen-bond donors (Lipinski definition) is 0. The van der Waals surface area contributed by atoms with Gasteiger partial charge in [0.2, 0.25) is 0 Å². The van der Waals surface area contributed by atoms with Crippen molar-refractivity contribution in [1.29, 1.82) is 0 Å². The highest BCUT2D eigenvalue weighted by molar-refractivity contribution is 5.25. The van der Waals surface area contributed by atoms with Gasteiger partial charge in [-0.2, -0.15) is 0 Å². The van der Waals surface area contributed by atoms with E-state index in [1.807, 2.05) is 0 Å². The normalized spacial score (nSPS) is 22.2. The van der Waals surface area contributed by atoms with Crippen molar-refractivity contribution in [2.75, 3.05) is 19.8 Å². The smallest absolute Gasteiger partial charge is 0.0645 e. The Hall–Kier alpha value is -0.930.